The van der Waals surface area contributed by atoms with Gasteiger partial charge in [-0.2, -0.15) is 19.6 Å². The number of benzene rings is 2. The van der Waals surface area contributed by atoms with Crippen molar-refractivity contribution >= 4 is 56.1 Å². The summed E-state index contributed by atoms with van der Waals surface area (Å²) in [5, 5.41) is 23.6. The molecule has 0 bridgehead atoms. The summed E-state index contributed by atoms with van der Waals surface area (Å²) in [6.45, 7) is 7.24. The van der Waals surface area contributed by atoms with E-state index in [4.69, 9.17) is 4.98 Å². The molecule has 0 saturated carbocycles. The zero-order valence-corrected chi connectivity index (χ0v) is 34.2. The number of piperazine rings is 1. The normalized spacial score (nSPS) is 18.5. The Labute approximate surface area is 348 Å². The number of unbranched alkanes of at least 4 members (excludes halogenated alkanes) is 1. The molecule has 0 aliphatic carbocycles. The lowest BCUT2D eigenvalue weighted by Gasteiger charge is -2.47. The van der Waals surface area contributed by atoms with E-state index in [-0.39, 0.29) is 48.9 Å². The molecule has 312 valence electrons. The summed E-state index contributed by atoms with van der Waals surface area (Å²) >= 11 is 0. The number of hydrogen-bond acceptors (Lipinski definition) is 12. The van der Waals surface area contributed by atoms with Gasteiger partial charge in [0.1, 0.15) is 11.2 Å². The average molecular weight is 833 g/mol. The van der Waals surface area contributed by atoms with E-state index in [1.165, 1.54) is 4.31 Å². The van der Waals surface area contributed by atoms with Crippen molar-refractivity contribution in [2.75, 3.05) is 68.3 Å². The third kappa shape index (κ3) is 8.60. The highest BCUT2D eigenvalue weighted by Crippen LogP contribution is 2.36. The van der Waals surface area contributed by atoms with Crippen molar-refractivity contribution in [1.82, 2.24) is 44.6 Å². The van der Waals surface area contributed by atoms with Gasteiger partial charge in [-0.05, 0) is 80.8 Å². The molecule has 60 heavy (non-hydrogen) atoms. The van der Waals surface area contributed by atoms with Gasteiger partial charge in [0.05, 0.1) is 36.1 Å². The number of sulfonamides is 1. The molecule has 6 heterocycles. The van der Waals surface area contributed by atoms with Gasteiger partial charge in [0.15, 0.2) is 0 Å². The molecule has 5 aromatic rings. The maximum atomic E-state index is 13.0. The van der Waals surface area contributed by atoms with Crippen LogP contribution in [0.1, 0.15) is 60.9 Å². The Balaban J connectivity index is 0.792. The van der Waals surface area contributed by atoms with Crippen molar-refractivity contribution in [3.05, 3.63) is 84.3 Å². The number of fused-ring (bicyclic) bond motifs is 1. The number of nitriles is 1. The second kappa shape index (κ2) is 17.2. The number of carbonyl (C=O) groups is 3. The number of aromatic nitrogens is 5. The first-order valence-corrected chi connectivity index (χ1v) is 22.0. The molecule has 8 rings (SSSR count). The maximum Gasteiger partial charge on any atom is 0.251 e. The average Bonchev–Trinajstić information content (AvgIpc) is 3.93. The fourth-order valence-electron chi connectivity index (χ4n) is 8.15. The zero-order valence-electron chi connectivity index (χ0n) is 33.4. The molecule has 0 spiro atoms. The van der Waals surface area contributed by atoms with Crippen LogP contribution < -0.4 is 20.9 Å². The van der Waals surface area contributed by atoms with E-state index in [9.17, 15) is 28.1 Å². The van der Waals surface area contributed by atoms with Crippen molar-refractivity contribution in [1.29, 1.82) is 5.26 Å². The highest BCUT2D eigenvalue weighted by molar-refractivity contribution is 7.89. The van der Waals surface area contributed by atoms with Gasteiger partial charge in [0.25, 0.3) is 5.91 Å². The van der Waals surface area contributed by atoms with Crippen molar-refractivity contribution in [3.8, 4) is 17.3 Å². The number of nitrogens with one attached hydrogen (secondary N) is 4. The number of amides is 3. The summed E-state index contributed by atoms with van der Waals surface area (Å²) in [5.41, 5.74) is 4.49. The van der Waals surface area contributed by atoms with Crippen LogP contribution in [0.2, 0.25) is 0 Å². The topological polar surface area (TPSA) is 214 Å². The molecule has 3 aliphatic heterocycles. The van der Waals surface area contributed by atoms with Crippen LogP contribution in [0.4, 0.5) is 17.3 Å². The highest BCUT2D eigenvalue weighted by atomic mass is 32.2. The third-order valence-electron chi connectivity index (χ3n) is 11.7. The summed E-state index contributed by atoms with van der Waals surface area (Å²) in [5.74, 6) is -0.495. The van der Waals surface area contributed by atoms with Crippen LogP contribution in [-0.4, -0.2) is 118 Å². The van der Waals surface area contributed by atoms with E-state index < -0.39 is 15.6 Å². The smallest absolute Gasteiger partial charge is 0.251 e. The molecule has 0 radical (unpaired) electrons. The van der Waals surface area contributed by atoms with Gasteiger partial charge in [-0.3, -0.25) is 29.3 Å². The molecular formula is C42H48N12O5S. The maximum absolute atomic E-state index is 13.0. The van der Waals surface area contributed by atoms with Gasteiger partial charge in [0, 0.05) is 92.5 Å². The summed E-state index contributed by atoms with van der Waals surface area (Å²) < 4.78 is 27.9. The molecule has 3 aliphatic rings. The first-order valence-electron chi connectivity index (χ1n) is 20.4. The molecule has 18 heteroatoms. The van der Waals surface area contributed by atoms with Gasteiger partial charge in [0.2, 0.25) is 27.8 Å². The van der Waals surface area contributed by atoms with Gasteiger partial charge in [-0.25, -0.2) is 13.4 Å². The van der Waals surface area contributed by atoms with Gasteiger partial charge < -0.3 is 20.5 Å². The van der Waals surface area contributed by atoms with Crippen molar-refractivity contribution in [2.24, 2.45) is 0 Å². The Bertz CT molecular complexity index is 2520. The van der Waals surface area contributed by atoms with Gasteiger partial charge >= 0.3 is 0 Å². The van der Waals surface area contributed by atoms with E-state index in [1.54, 1.807) is 54.5 Å². The Kier molecular flexibility index (Phi) is 11.6. The highest BCUT2D eigenvalue weighted by Gasteiger charge is 2.49. The Morgan fingerprint density at radius 2 is 1.77 bits per heavy atom. The number of carbonyl (C=O) groups excluding carboxylic acids is 3. The van der Waals surface area contributed by atoms with Crippen LogP contribution in [0, 0.1) is 11.3 Å². The molecule has 4 N–H and O–H groups in total. The SMILES string of the molecule is CCS(=O)(=O)N1CC(CC#N)(n2cc(-c3nc(Nc4ccc(C(=O)NCCCCN5CCN(c6ccc(C7CCC(=O)NC7=O)cc6)CC5)cc4)nc4[nH]ccc34)cn2)C1. The first-order chi connectivity index (χ1) is 29.0. The minimum atomic E-state index is -3.38. The van der Waals surface area contributed by atoms with Crippen LogP contribution in [0.25, 0.3) is 22.3 Å². The van der Waals surface area contributed by atoms with E-state index >= 15 is 0 Å². The summed E-state index contributed by atoms with van der Waals surface area (Å²) in [7, 11) is -3.38. The fraction of sp³-hybridized carbons (Fsp3) is 0.405. The van der Waals surface area contributed by atoms with Crippen LogP contribution in [-0.2, 0) is 25.2 Å². The largest absolute Gasteiger partial charge is 0.369 e. The fourth-order valence-corrected chi connectivity index (χ4v) is 9.39. The van der Waals surface area contributed by atoms with E-state index in [2.05, 4.69) is 59.0 Å². The van der Waals surface area contributed by atoms with Crippen molar-refractivity contribution < 1.29 is 22.8 Å². The summed E-state index contributed by atoms with van der Waals surface area (Å²) in [6.07, 6.45) is 8.12. The number of imide groups is 1. The Morgan fingerprint density at radius 3 is 2.48 bits per heavy atom. The number of nitrogens with zero attached hydrogens (tertiary/aromatic N) is 8. The quantitative estimate of drug-likeness (QED) is 0.0879. The predicted octanol–water partition coefficient (Wildman–Crippen LogP) is 3.69. The third-order valence-corrected chi connectivity index (χ3v) is 13.5. The molecule has 2 aromatic carbocycles. The number of rotatable bonds is 15. The number of anilines is 3. The Morgan fingerprint density at radius 1 is 1.00 bits per heavy atom. The standard InChI is InChI=1S/C42H48N12O5S/c1-2-60(58,59)53-27-42(28-53,16-17-43)54-26-31(25-46-54)37-35-15-19-44-38(35)50-41(49-37)47-32-9-5-30(6-10-32)39(56)45-18-3-4-20-51-21-23-52(24-22-51)33-11-7-29(8-12-33)34-13-14-36(55)48-40(34)57/h5-12,15,19,25-26,34H,2-4,13-14,16,18,20-24,27-28H2,1H3,(H,45,56)(H,48,55,57)(H2,44,47,49,50). The minimum absolute atomic E-state index is 0.00315. The van der Waals surface area contributed by atoms with Crippen LogP contribution in [0.5, 0.6) is 0 Å². The van der Waals surface area contributed by atoms with Crippen LogP contribution >= 0.6 is 0 Å². The lowest BCUT2D eigenvalue weighted by atomic mass is 9.89. The second-order valence-corrected chi connectivity index (χ2v) is 17.9. The minimum Gasteiger partial charge on any atom is -0.369 e. The molecule has 17 nitrogen and oxygen atoms in total. The number of H-pyrrole nitrogens is 1. The van der Waals surface area contributed by atoms with E-state index in [0.717, 1.165) is 62.2 Å². The molecule has 3 aromatic heterocycles. The lowest BCUT2D eigenvalue weighted by Crippen LogP contribution is -2.64. The van der Waals surface area contributed by atoms with E-state index in [0.29, 0.717) is 53.5 Å². The molecule has 1 atom stereocenters. The molecule has 3 amide bonds. The van der Waals surface area contributed by atoms with Crippen LogP contribution in [0.3, 0.4) is 0 Å². The zero-order chi connectivity index (χ0) is 41.9. The van der Waals surface area contributed by atoms with E-state index in [1.807, 2.05) is 18.2 Å². The van der Waals surface area contributed by atoms with Crippen LogP contribution in [0.15, 0.2) is 73.2 Å². The molecule has 3 fully saturated rings. The van der Waals surface area contributed by atoms with Crippen molar-refractivity contribution in [3.63, 3.8) is 0 Å². The number of hydrogen-bond donors (Lipinski definition) is 4. The summed E-state index contributed by atoms with van der Waals surface area (Å²) in [6, 6.07) is 19.3. The van der Waals surface area contributed by atoms with Gasteiger partial charge in [-0.15, -0.1) is 0 Å². The Hall–Kier alpha value is -6.16. The number of aromatic amines is 1. The predicted molar refractivity (Wildman–Crippen MR) is 226 cm³/mol. The van der Waals surface area contributed by atoms with Gasteiger partial charge in [-0.1, -0.05) is 12.1 Å². The molecule has 3 saturated heterocycles. The summed E-state index contributed by atoms with van der Waals surface area (Å²) in [4.78, 5) is 54.1. The monoisotopic (exact) mass is 832 g/mol. The second-order valence-electron chi connectivity index (χ2n) is 15.6. The number of piperidine rings is 1. The lowest BCUT2D eigenvalue weighted by molar-refractivity contribution is -0.134. The first kappa shape index (κ1) is 40.6. The van der Waals surface area contributed by atoms with Crippen molar-refractivity contribution in [2.45, 2.75) is 50.5 Å². The molecule has 1 unspecified atom stereocenters. The molecular weight excluding hydrogens is 785 g/mol.